The smallest absolute Gasteiger partial charge is 0.264 e. The molecule has 0 aliphatic carbocycles. The van der Waals surface area contributed by atoms with Gasteiger partial charge >= 0.3 is 0 Å². The molecule has 0 aliphatic rings. The molecule has 1 aromatic rings. The Kier molecular flexibility index (Phi) is 5.34. The number of carbonyl (C=O) groups excluding carboxylic acids is 2. The third kappa shape index (κ3) is 4.10. The van der Waals surface area contributed by atoms with Gasteiger partial charge in [0, 0.05) is 6.54 Å². The highest BCUT2D eigenvalue weighted by atomic mass is 79.9. The van der Waals surface area contributed by atoms with Gasteiger partial charge in [0.2, 0.25) is 5.91 Å². The Hall–Kier alpha value is -0.880. The second kappa shape index (κ2) is 6.33. The van der Waals surface area contributed by atoms with Crippen molar-refractivity contribution in [1.82, 2.24) is 4.90 Å². The zero-order valence-corrected chi connectivity index (χ0v) is 13.1. The molecule has 0 fully saturated rings. The number of primary amides is 1. The average Bonchev–Trinajstić information content (AvgIpc) is 2.56. The minimum Gasteiger partial charge on any atom is -0.368 e. The quantitative estimate of drug-likeness (QED) is 0.899. The van der Waals surface area contributed by atoms with E-state index in [-0.39, 0.29) is 18.4 Å². The number of carbonyl (C=O) groups is 2. The molecule has 1 aromatic heterocycles. The fraction of sp³-hybridized carbons (Fsp3) is 0.500. The van der Waals surface area contributed by atoms with Gasteiger partial charge in [0.25, 0.3) is 5.91 Å². The average molecular weight is 333 g/mol. The van der Waals surface area contributed by atoms with Crippen LogP contribution in [0.3, 0.4) is 0 Å². The van der Waals surface area contributed by atoms with Crippen LogP contribution >= 0.6 is 27.3 Å². The molecule has 0 spiro atoms. The number of halogens is 1. The molecule has 2 N–H and O–H groups in total. The van der Waals surface area contributed by atoms with Crippen LogP contribution in [0.4, 0.5) is 0 Å². The van der Waals surface area contributed by atoms with Crippen molar-refractivity contribution in [3.8, 4) is 0 Å². The molecule has 0 atom stereocenters. The number of amides is 2. The van der Waals surface area contributed by atoms with Gasteiger partial charge in [-0.05, 0) is 40.4 Å². The Morgan fingerprint density at radius 2 is 2.11 bits per heavy atom. The number of thiophene rings is 1. The van der Waals surface area contributed by atoms with Crippen molar-refractivity contribution in [2.45, 2.75) is 20.8 Å². The fourth-order valence-corrected chi connectivity index (χ4v) is 3.07. The predicted molar refractivity (Wildman–Crippen MR) is 76.7 cm³/mol. The first-order valence-corrected chi connectivity index (χ1v) is 7.25. The molecule has 1 rings (SSSR count). The molecule has 0 saturated heterocycles. The number of rotatable bonds is 5. The molecule has 0 unspecified atom stereocenters. The summed E-state index contributed by atoms with van der Waals surface area (Å²) in [6.07, 6.45) is 0. The van der Waals surface area contributed by atoms with Crippen LogP contribution in [0, 0.1) is 12.8 Å². The minimum absolute atomic E-state index is 0.0361. The molecule has 2 amide bonds. The van der Waals surface area contributed by atoms with Crippen molar-refractivity contribution in [1.29, 1.82) is 0 Å². The molecule has 0 radical (unpaired) electrons. The molecule has 0 aliphatic heterocycles. The standard InChI is InChI=1S/C12H17BrN2O2S/c1-7(2)5-15(6-10(14)16)12(17)9-4-8(3)11(13)18-9/h4,7H,5-6H2,1-3H3,(H2,14,16). The van der Waals surface area contributed by atoms with Crippen LogP contribution in [-0.4, -0.2) is 29.8 Å². The summed E-state index contributed by atoms with van der Waals surface area (Å²) in [6, 6.07) is 1.82. The number of aryl methyl sites for hydroxylation is 1. The lowest BCUT2D eigenvalue weighted by atomic mass is 10.2. The number of hydrogen-bond acceptors (Lipinski definition) is 3. The van der Waals surface area contributed by atoms with E-state index in [0.29, 0.717) is 11.4 Å². The molecular formula is C12H17BrN2O2S. The first-order valence-electron chi connectivity index (χ1n) is 5.64. The Balaban J connectivity index is 2.90. The minimum atomic E-state index is -0.489. The molecule has 4 nitrogen and oxygen atoms in total. The molecule has 0 bridgehead atoms. The van der Waals surface area contributed by atoms with Crippen LogP contribution in [0.5, 0.6) is 0 Å². The van der Waals surface area contributed by atoms with E-state index in [4.69, 9.17) is 5.73 Å². The normalized spacial score (nSPS) is 10.7. The van der Waals surface area contributed by atoms with Crippen molar-refractivity contribution in [3.63, 3.8) is 0 Å². The third-order valence-electron chi connectivity index (χ3n) is 2.29. The highest BCUT2D eigenvalue weighted by molar-refractivity contribution is 9.11. The Morgan fingerprint density at radius 1 is 1.50 bits per heavy atom. The van der Waals surface area contributed by atoms with E-state index in [1.165, 1.54) is 16.2 Å². The number of nitrogens with two attached hydrogens (primary N) is 1. The lowest BCUT2D eigenvalue weighted by Crippen LogP contribution is -2.40. The van der Waals surface area contributed by atoms with E-state index in [1.807, 2.05) is 26.8 Å². The lowest BCUT2D eigenvalue weighted by Gasteiger charge is -2.22. The molecular weight excluding hydrogens is 316 g/mol. The van der Waals surface area contributed by atoms with Crippen LogP contribution < -0.4 is 5.73 Å². The van der Waals surface area contributed by atoms with Crippen molar-refractivity contribution >= 4 is 39.1 Å². The van der Waals surface area contributed by atoms with Gasteiger partial charge in [0.05, 0.1) is 15.2 Å². The molecule has 1 heterocycles. The summed E-state index contributed by atoms with van der Waals surface area (Å²) in [5.74, 6) is -0.338. The van der Waals surface area contributed by atoms with Gasteiger partial charge in [-0.25, -0.2) is 0 Å². The van der Waals surface area contributed by atoms with E-state index in [2.05, 4.69) is 15.9 Å². The highest BCUT2D eigenvalue weighted by Crippen LogP contribution is 2.28. The first-order chi connectivity index (χ1) is 8.31. The van der Waals surface area contributed by atoms with E-state index in [1.54, 1.807) is 0 Å². The van der Waals surface area contributed by atoms with Gasteiger partial charge < -0.3 is 10.6 Å². The fourth-order valence-electron chi connectivity index (χ4n) is 1.57. The molecule has 0 aromatic carbocycles. The largest absolute Gasteiger partial charge is 0.368 e. The van der Waals surface area contributed by atoms with Crippen LogP contribution in [0.1, 0.15) is 29.1 Å². The Bertz CT molecular complexity index is 437. The summed E-state index contributed by atoms with van der Waals surface area (Å²) in [6.45, 7) is 6.41. The second-order valence-electron chi connectivity index (χ2n) is 4.61. The first kappa shape index (κ1) is 15.2. The van der Waals surface area contributed by atoms with Crippen molar-refractivity contribution in [2.75, 3.05) is 13.1 Å². The van der Waals surface area contributed by atoms with Crippen molar-refractivity contribution in [3.05, 3.63) is 20.3 Å². The summed E-state index contributed by atoms with van der Waals surface area (Å²) >= 11 is 4.77. The SMILES string of the molecule is Cc1cc(C(=O)N(CC(N)=O)CC(C)C)sc1Br. The van der Waals surface area contributed by atoms with Gasteiger partial charge in [-0.15, -0.1) is 11.3 Å². The lowest BCUT2D eigenvalue weighted by molar-refractivity contribution is -0.118. The van der Waals surface area contributed by atoms with Crippen molar-refractivity contribution in [2.24, 2.45) is 11.7 Å². The number of hydrogen-bond donors (Lipinski definition) is 1. The van der Waals surface area contributed by atoms with Gasteiger partial charge in [0.15, 0.2) is 0 Å². The maximum absolute atomic E-state index is 12.3. The van der Waals surface area contributed by atoms with Gasteiger partial charge in [-0.3, -0.25) is 9.59 Å². The molecule has 100 valence electrons. The van der Waals surface area contributed by atoms with E-state index < -0.39 is 5.91 Å². The van der Waals surface area contributed by atoms with E-state index >= 15 is 0 Å². The zero-order chi connectivity index (χ0) is 13.9. The number of nitrogens with zero attached hydrogens (tertiary/aromatic N) is 1. The van der Waals surface area contributed by atoms with Crippen molar-refractivity contribution < 1.29 is 9.59 Å². The monoisotopic (exact) mass is 332 g/mol. The predicted octanol–water partition coefficient (Wildman–Crippen LogP) is 2.40. The summed E-state index contributed by atoms with van der Waals surface area (Å²) in [5, 5.41) is 0. The van der Waals surface area contributed by atoms with E-state index in [0.717, 1.165) is 9.35 Å². The Labute approximate surface area is 119 Å². The van der Waals surface area contributed by atoms with Crippen LogP contribution in [0.15, 0.2) is 9.85 Å². The topological polar surface area (TPSA) is 63.4 Å². The van der Waals surface area contributed by atoms with Crippen LogP contribution in [0.2, 0.25) is 0 Å². The van der Waals surface area contributed by atoms with Crippen LogP contribution in [-0.2, 0) is 4.79 Å². The van der Waals surface area contributed by atoms with Gasteiger partial charge in [-0.2, -0.15) is 0 Å². The highest BCUT2D eigenvalue weighted by Gasteiger charge is 2.21. The van der Waals surface area contributed by atoms with Gasteiger partial charge in [0.1, 0.15) is 0 Å². The third-order valence-corrected chi connectivity index (χ3v) is 4.41. The van der Waals surface area contributed by atoms with Gasteiger partial charge in [-0.1, -0.05) is 13.8 Å². The van der Waals surface area contributed by atoms with Crippen LogP contribution in [0.25, 0.3) is 0 Å². The molecule has 0 saturated carbocycles. The summed E-state index contributed by atoms with van der Waals surface area (Å²) in [7, 11) is 0. The van der Waals surface area contributed by atoms with E-state index in [9.17, 15) is 9.59 Å². The Morgan fingerprint density at radius 3 is 2.50 bits per heavy atom. The summed E-state index contributed by atoms with van der Waals surface area (Å²) in [4.78, 5) is 25.4. The molecule has 18 heavy (non-hydrogen) atoms. The molecule has 6 heteroatoms. The summed E-state index contributed by atoms with van der Waals surface area (Å²) in [5.41, 5.74) is 6.20. The maximum atomic E-state index is 12.3. The summed E-state index contributed by atoms with van der Waals surface area (Å²) < 4.78 is 0.939. The maximum Gasteiger partial charge on any atom is 0.264 e. The second-order valence-corrected chi connectivity index (χ2v) is 6.98. The zero-order valence-electron chi connectivity index (χ0n) is 10.7.